The number of thiazole rings is 1. The monoisotopic (exact) mass is 378 g/mol. The van der Waals surface area contributed by atoms with Gasteiger partial charge in [-0.15, -0.1) is 11.3 Å². The van der Waals surface area contributed by atoms with Gasteiger partial charge in [0.25, 0.3) is 0 Å². The van der Waals surface area contributed by atoms with Crippen LogP contribution >= 0.6 is 11.3 Å². The third kappa shape index (κ3) is 4.06. The molecule has 2 heterocycles. The standard InChI is InChI=1S/C23H26N2OS/c1-16-13-17(2)15-18(14-16)20-8-6-12-25(20)23(26)11-5-10-22-24-19-7-3-4-9-21(19)27-22/h3-4,7,9,13-15,20H,5-6,8,10-12H2,1-2H3. The normalized spacial score (nSPS) is 17.0. The number of carbonyl (C=O) groups excluding carboxylic acids is 1. The molecule has 1 fully saturated rings. The number of fused-ring (bicyclic) bond motifs is 1. The minimum absolute atomic E-state index is 0.249. The van der Waals surface area contributed by atoms with Gasteiger partial charge in [0.1, 0.15) is 0 Å². The Labute approximate surface area is 165 Å². The molecule has 0 aliphatic carbocycles. The lowest BCUT2D eigenvalue weighted by Crippen LogP contribution is -2.30. The molecule has 27 heavy (non-hydrogen) atoms. The molecule has 1 saturated heterocycles. The van der Waals surface area contributed by atoms with E-state index in [2.05, 4.69) is 54.1 Å². The van der Waals surface area contributed by atoms with Crippen molar-refractivity contribution in [3.8, 4) is 0 Å². The van der Waals surface area contributed by atoms with Crippen molar-refractivity contribution in [3.05, 3.63) is 64.2 Å². The molecule has 1 unspecified atom stereocenters. The first-order valence-corrected chi connectivity index (χ1v) is 10.6. The molecule has 0 radical (unpaired) electrons. The smallest absolute Gasteiger partial charge is 0.223 e. The van der Waals surface area contributed by atoms with Crippen LogP contribution in [0.3, 0.4) is 0 Å². The summed E-state index contributed by atoms with van der Waals surface area (Å²) in [5.74, 6) is 0.290. The Balaban J connectivity index is 1.38. The van der Waals surface area contributed by atoms with Crippen LogP contribution < -0.4 is 0 Å². The predicted molar refractivity (Wildman–Crippen MR) is 112 cm³/mol. The summed E-state index contributed by atoms with van der Waals surface area (Å²) in [7, 11) is 0. The number of carbonyl (C=O) groups is 1. The second kappa shape index (κ2) is 7.81. The number of para-hydroxylation sites is 1. The third-order valence-corrected chi connectivity index (χ3v) is 6.42. The number of nitrogens with zero attached hydrogens (tertiary/aromatic N) is 2. The maximum Gasteiger partial charge on any atom is 0.223 e. The van der Waals surface area contributed by atoms with E-state index < -0.39 is 0 Å². The first-order chi connectivity index (χ1) is 13.1. The number of rotatable bonds is 5. The highest BCUT2D eigenvalue weighted by atomic mass is 32.1. The van der Waals surface area contributed by atoms with Gasteiger partial charge in [0.05, 0.1) is 21.3 Å². The summed E-state index contributed by atoms with van der Waals surface area (Å²) in [6.45, 7) is 5.16. The topological polar surface area (TPSA) is 33.2 Å². The van der Waals surface area contributed by atoms with Crippen LogP contribution in [0.4, 0.5) is 0 Å². The number of likely N-dealkylation sites (tertiary alicyclic amines) is 1. The summed E-state index contributed by atoms with van der Waals surface area (Å²) < 4.78 is 1.23. The zero-order valence-electron chi connectivity index (χ0n) is 16.1. The zero-order valence-corrected chi connectivity index (χ0v) is 16.9. The fourth-order valence-electron chi connectivity index (χ4n) is 4.18. The largest absolute Gasteiger partial charge is 0.336 e. The Morgan fingerprint density at radius 1 is 1.19 bits per heavy atom. The van der Waals surface area contributed by atoms with Crippen molar-refractivity contribution < 1.29 is 4.79 Å². The summed E-state index contributed by atoms with van der Waals surface area (Å²) in [5, 5.41) is 1.14. The molecule has 4 rings (SSSR count). The molecular weight excluding hydrogens is 352 g/mol. The molecule has 0 bridgehead atoms. The lowest BCUT2D eigenvalue weighted by molar-refractivity contribution is -0.132. The number of amides is 1. The van der Waals surface area contributed by atoms with Crippen LogP contribution in [0.5, 0.6) is 0 Å². The highest BCUT2D eigenvalue weighted by Crippen LogP contribution is 2.33. The predicted octanol–water partition coefficient (Wildman–Crippen LogP) is 5.60. The number of benzene rings is 2. The Morgan fingerprint density at radius 2 is 1.96 bits per heavy atom. The van der Waals surface area contributed by atoms with Gasteiger partial charge >= 0.3 is 0 Å². The van der Waals surface area contributed by atoms with E-state index in [-0.39, 0.29) is 11.9 Å². The molecule has 0 saturated carbocycles. The first-order valence-electron chi connectivity index (χ1n) is 9.82. The molecule has 4 heteroatoms. The Morgan fingerprint density at radius 3 is 2.74 bits per heavy atom. The van der Waals surface area contributed by atoms with Crippen LogP contribution in [0.15, 0.2) is 42.5 Å². The molecule has 1 aliphatic rings. The summed E-state index contributed by atoms with van der Waals surface area (Å²) in [5.41, 5.74) is 4.92. The van der Waals surface area contributed by atoms with E-state index in [0.717, 1.165) is 42.8 Å². The summed E-state index contributed by atoms with van der Waals surface area (Å²) in [6.07, 6.45) is 4.53. The second-order valence-electron chi connectivity index (χ2n) is 7.60. The van der Waals surface area contributed by atoms with Crippen molar-refractivity contribution in [2.45, 2.75) is 52.0 Å². The highest BCUT2D eigenvalue weighted by Gasteiger charge is 2.29. The van der Waals surface area contributed by atoms with Gasteiger partial charge in [0.2, 0.25) is 5.91 Å². The van der Waals surface area contributed by atoms with Crippen molar-refractivity contribution in [2.24, 2.45) is 0 Å². The average Bonchev–Trinajstić information content (AvgIpc) is 3.27. The molecule has 1 aromatic heterocycles. The van der Waals surface area contributed by atoms with Crippen LogP contribution in [-0.2, 0) is 11.2 Å². The first kappa shape index (κ1) is 18.2. The van der Waals surface area contributed by atoms with E-state index in [4.69, 9.17) is 0 Å². The van der Waals surface area contributed by atoms with Crippen LogP contribution in [0.2, 0.25) is 0 Å². The Kier molecular flexibility index (Phi) is 5.26. The van der Waals surface area contributed by atoms with Crippen LogP contribution in [0.25, 0.3) is 10.2 Å². The molecule has 1 amide bonds. The van der Waals surface area contributed by atoms with Crippen molar-refractivity contribution in [1.29, 1.82) is 0 Å². The Bertz CT molecular complexity index is 909. The maximum absolute atomic E-state index is 12.9. The van der Waals surface area contributed by atoms with E-state index in [1.54, 1.807) is 11.3 Å². The summed E-state index contributed by atoms with van der Waals surface area (Å²) >= 11 is 1.75. The molecule has 3 nitrogen and oxygen atoms in total. The maximum atomic E-state index is 12.9. The average molecular weight is 379 g/mol. The molecular formula is C23H26N2OS. The highest BCUT2D eigenvalue weighted by molar-refractivity contribution is 7.18. The minimum Gasteiger partial charge on any atom is -0.336 e. The van der Waals surface area contributed by atoms with Gasteiger partial charge in [-0.2, -0.15) is 0 Å². The van der Waals surface area contributed by atoms with Crippen molar-refractivity contribution in [2.75, 3.05) is 6.54 Å². The molecule has 140 valence electrons. The summed E-state index contributed by atoms with van der Waals surface area (Å²) in [4.78, 5) is 19.7. The zero-order chi connectivity index (χ0) is 18.8. The van der Waals surface area contributed by atoms with Gasteiger partial charge in [0.15, 0.2) is 0 Å². The van der Waals surface area contributed by atoms with Gasteiger partial charge in [0, 0.05) is 13.0 Å². The quantitative estimate of drug-likeness (QED) is 0.579. The lowest BCUT2D eigenvalue weighted by atomic mass is 9.99. The number of aromatic nitrogens is 1. The van der Waals surface area contributed by atoms with Gasteiger partial charge in [-0.25, -0.2) is 4.98 Å². The SMILES string of the molecule is Cc1cc(C)cc(C2CCCN2C(=O)CCCc2nc3ccccc3s2)c1. The van der Waals surface area contributed by atoms with Gasteiger partial charge < -0.3 is 4.90 Å². The van der Waals surface area contributed by atoms with Crippen LogP contribution in [-0.4, -0.2) is 22.3 Å². The van der Waals surface area contributed by atoms with E-state index in [0.29, 0.717) is 6.42 Å². The van der Waals surface area contributed by atoms with Crippen LogP contribution in [0.1, 0.15) is 53.4 Å². The molecule has 0 N–H and O–H groups in total. The molecule has 1 aliphatic heterocycles. The van der Waals surface area contributed by atoms with Gasteiger partial charge in [-0.1, -0.05) is 41.5 Å². The molecule has 3 aromatic rings. The summed E-state index contributed by atoms with van der Waals surface area (Å²) in [6, 6.07) is 15.2. The van der Waals surface area contributed by atoms with Gasteiger partial charge in [-0.3, -0.25) is 4.79 Å². The van der Waals surface area contributed by atoms with Crippen LogP contribution in [0, 0.1) is 13.8 Å². The number of hydrogen-bond acceptors (Lipinski definition) is 3. The van der Waals surface area contributed by atoms with E-state index >= 15 is 0 Å². The van der Waals surface area contributed by atoms with E-state index in [1.165, 1.54) is 21.4 Å². The minimum atomic E-state index is 0.249. The van der Waals surface area contributed by atoms with Gasteiger partial charge in [-0.05, 0) is 57.2 Å². The van der Waals surface area contributed by atoms with E-state index in [1.807, 2.05) is 12.1 Å². The second-order valence-corrected chi connectivity index (χ2v) is 8.71. The third-order valence-electron chi connectivity index (χ3n) is 5.32. The number of hydrogen-bond donors (Lipinski definition) is 0. The van der Waals surface area contributed by atoms with Crippen molar-refractivity contribution in [3.63, 3.8) is 0 Å². The Hall–Kier alpha value is -2.20. The van der Waals surface area contributed by atoms with E-state index in [9.17, 15) is 4.79 Å². The van der Waals surface area contributed by atoms with Crippen molar-refractivity contribution >= 4 is 27.5 Å². The fourth-order valence-corrected chi connectivity index (χ4v) is 5.18. The fraction of sp³-hybridized carbons (Fsp3) is 0.391. The number of aryl methyl sites for hydroxylation is 3. The van der Waals surface area contributed by atoms with Crippen molar-refractivity contribution in [1.82, 2.24) is 9.88 Å². The molecule has 1 atom stereocenters. The molecule has 0 spiro atoms. The lowest BCUT2D eigenvalue weighted by Gasteiger charge is -2.26. The molecule has 2 aromatic carbocycles.